The lowest BCUT2D eigenvalue weighted by Gasteiger charge is -2.37. The zero-order chi connectivity index (χ0) is 13.1. The molecule has 6 nitrogen and oxygen atoms in total. The van der Waals surface area contributed by atoms with Gasteiger partial charge in [-0.05, 0) is 14.1 Å². The van der Waals surface area contributed by atoms with Crippen LogP contribution in [0.25, 0.3) is 0 Å². The quantitative estimate of drug-likeness (QED) is 0.722. The van der Waals surface area contributed by atoms with Gasteiger partial charge in [0.05, 0.1) is 0 Å². The predicted octanol–water partition coefficient (Wildman–Crippen LogP) is -0.983. The third kappa shape index (κ3) is 2.95. The molecule has 0 radical (unpaired) electrons. The molecule has 1 saturated heterocycles. The minimum Gasteiger partial charge on any atom is -0.326 e. The zero-order valence-electron chi connectivity index (χ0n) is 11.0. The second kappa shape index (κ2) is 5.60. The highest BCUT2D eigenvalue weighted by Crippen LogP contribution is 2.09. The van der Waals surface area contributed by atoms with E-state index in [1.807, 2.05) is 0 Å². The number of nitrogens with zero attached hydrogens (tertiary/aromatic N) is 3. The van der Waals surface area contributed by atoms with Crippen molar-refractivity contribution in [2.45, 2.75) is 19.0 Å². The van der Waals surface area contributed by atoms with Gasteiger partial charge in [0.1, 0.15) is 5.82 Å². The third-order valence-corrected chi connectivity index (χ3v) is 3.55. The minimum absolute atomic E-state index is 0.116. The van der Waals surface area contributed by atoms with Crippen LogP contribution in [0.1, 0.15) is 11.4 Å². The fourth-order valence-corrected chi connectivity index (χ4v) is 2.25. The molecule has 2 heterocycles. The van der Waals surface area contributed by atoms with Gasteiger partial charge in [-0.3, -0.25) is 4.79 Å². The molecule has 0 bridgehead atoms. The van der Waals surface area contributed by atoms with Crippen molar-refractivity contribution >= 4 is 0 Å². The van der Waals surface area contributed by atoms with E-state index in [-0.39, 0.29) is 12.1 Å². The molecule has 0 aromatic carbocycles. The van der Waals surface area contributed by atoms with E-state index in [1.165, 1.54) is 0 Å². The molecule has 3 N–H and O–H groups in total. The number of aromatic amines is 1. The SMILES string of the molecule is CN1CCN(C)C(Cc2ncc(CN)c(=O)[nH]2)C1. The van der Waals surface area contributed by atoms with Crippen LogP contribution in [0, 0.1) is 0 Å². The molecular weight excluding hydrogens is 230 g/mol. The number of hydrogen-bond donors (Lipinski definition) is 2. The number of nitrogens with one attached hydrogen (secondary N) is 1. The van der Waals surface area contributed by atoms with Gasteiger partial charge in [-0.15, -0.1) is 0 Å². The topological polar surface area (TPSA) is 78.2 Å². The minimum atomic E-state index is -0.116. The van der Waals surface area contributed by atoms with Crippen LogP contribution in [-0.2, 0) is 13.0 Å². The molecule has 100 valence electrons. The summed E-state index contributed by atoms with van der Waals surface area (Å²) < 4.78 is 0. The molecular formula is C12H21N5O. The summed E-state index contributed by atoms with van der Waals surface area (Å²) in [7, 11) is 4.23. The monoisotopic (exact) mass is 251 g/mol. The summed E-state index contributed by atoms with van der Waals surface area (Å²) in [6.07, 6.45) is 2.35. The maximum absolute atomic E-state index is 11.7. The fraction of sp³-hybridized carbons (Fsp3) is 0.667. The third-order valence-electron chi connectivity index (χ3n) is 3.55. The smallest absolute Gasteiger partial charge is 0.255 e. The maximum Gasteiger partial charge on any atom is 0.255 e. The standard InChI is InChI=1S/C12H21N5O/c1-16-3-4-17(2)10(8-16)5-11-14-7-9(6-13)12(18)15-11/h7,10H,3-6,8,13H2,1-2H3,(H,14,15,18). The lowest BCUT2D eigenvalue weighted by Crippen LogP contribution is -2.51. The first-order chi connectivity index (χ1) is 8.60. The van der Waals surface area contributed by atoms with Crippen molar-refractivity contribution < 1.29 is 0 Å². The van der Waals surface area contributed by atoms with Gasteiger partial charge in [0.15, 0.2) is 0 Å². The van der Waals surface area contributed by atoms with E-state index in [2.05, 4.69) is 33.9 Å². The molecule has 18 heavy (non-hydrogen) atoms. The van der Waals surface area contributed by atoms with Crippen molar-refractivity contribution in [1.29, 1.82) is 0 Å². The highest BCUT2D eigenvalue weighted by atomic mass is 16.1. The Labute approximate surface area is 107 Å². The van der Waals surface area contributed by atoms with Gasteiger partial charge in [-0.2, -0.15) is 0 Å². The summed E-state index contributed by atoms with van der Waals surface area (Å²) in [6.45, 7) is 3.36. The summed E-state index contributed by atoms with van der Waals surface area (Å²) in [5, 5.41) is 0. The Morgan fingerprint density at radius 3 is 2.94 bits per heavy atom. The number of hydrogen-bond acceptors (Lipinski definition) is 5. The van der Waals surface area contributed by atoms with Crippen LogP contribution in [0.5, 0.6) is 0 Å². The van der Waals surface area contributed by atoms with Gasteiger partial charge >= 0.3 is 0 Å². The van der Waals surface area contributed by atoms with Crippen molar-refractivity contribution in [3.8, 4) is 0 Å². The highest BCUT2D eigenvalue weighted by Gasteiger charge is 2.23. The molecule has 1 unspecified atom stereocenters. The van der Waals surface area contributed by atoms with Gasteiger partial charge in [0.25, 0.3) is 5.56 Å². The van der Waals surface area contributed by atoms with E-state index in [0.29, 0.717) is 11.6 Å². The van der Waals surface area contributed by atoms with Crippen LogP contribution < -0.4 is 11.3 Å². The van der Waals surface area contributed by atoms with Crippen LogP contribution in [-0.4, -0.2) is 59.5 Å². The molecule has 0 saturated carbocycles. The number of likely N-dealkylation sites (N-methyl/N-ethyl adjacent to an activating group) is 2. The van der Waals surface area contributed by atoms with E-state index >= 15 is 0 Å². The van der Waals surface area contributed by atoms with E-state index in [9.17, 15) is 4.79 Å². The van der Waals surface area contributed by atoms with Crippen molar-refractivity contribution in [2.24, 2.45) is 5.73 Å². The fourth-order valence-electron chi connectivity index (χ4n) is 2.25. The van der Waals surface area contributed by atoms with Gasteiger partial charge in [0.2, 0.25) is 0 Å². The molecule has 1 fully saturated rings. The molecule has 1 aromatic rings. The van der Waals surface area contributed by atoms with Gasteiger partial charge in [-0.25, -0.2) is 4.98 Å². The average Bonchev–Trinajstić information content (AvgIpc) is 2.34. The molecule has 1 aliphatic rings. The van der Waals surface area contributed by atoms with Crippen LogP contribution >= 0.6 is 0 Å². The lowest BCUT2D eigenvalue weighted by molar-refractivity contribution is 0.113. The van der Waals surface area contributed by atoms with E-state index in [0.717, 1.165) is 31.9 Å². The van der Waals surface area contributed by atoms with Crippen molar-refractivity contribution in [3.05, 3.63) is 27.9 Å². The Morgan fingerprint density at radius 2 is 2.28 bits per heavy atom. The first kappa shape index (κ1) is 13.2. The van der Waals surface area contributed by atoms with Crippen LogP contribution in [0.2, 0.25) is 0 Å². The first-order valence-electron chi connectivity index (χ1n) is 6.26. The van der Waals surface area contributed by atoms with Crippen LogP contribution in [0.15, 0.2) is 11.0 Å². The number of nitrogens with two attached hydrogens (primary N) is 1. The van der Waals surface area contributed by atoms with Gasteiger partial charge in [0, 0.05) is 50.4 Å². The number of rotatable bonds is 3. The number of aromatic nitrogens is 2. The van der Waals surface area contributed by atoms with Gasteiger partial charge < -0.3 is 20.5 Å². The molecule has 1 aromatic heterocycles. The predicted molar refractivity (Wildman–Crippen MR) is 70.4 cm³/mol. The lowest BCUT2D eigenvalue weighted by atomic mass is 10.1. The molecule has 1 atom stereocenters. The van der Waals surface area contributed by atoms with Crippen molar-refractivity contribution in [1.82, 2.24) is 19.8 Å². The summed E-state index contributed by atoms with van der Waals surface area (Å²) in [6, 6.07) is 0.399. The Morgan fingerprint density at radius 1 is 1.50 bits per heavy atom. The maximum atomic E-state index is 11.7. The second-order valence-electron chi connectivity index (χ2n) is 4.99. The molecule has 2 rings (SSSR count). The summed E-state index contributed by atoms with van der Waals surface area (Å²) >= 11 is 0. The largest absolute Gasteiger partial charge is 0.326 e. The Bertz CT molecular complexity index is 458. The summed E-state index contributed by atoms with van der Waals surface area (Å²) in [5.74, 6) is 0.740. The molecule has 0 aliphatic carbocycles. The first-order valence-corrected chi connectivity index (χ1v) is 6.26. The Balaban J connectivity index is 2.08. The molecule has 0 amide bonds. The van der Waals surface area contributed by atoms with Gasteiger partial charge in [-0.1, -0.05) is 0 Å². The highest BCUT2D eigenvalue weighted by molar-refractivity contribution is 5.06. The Hall–Kier alpha value is -1.24. The molecule has 6 heteroatoms. The number of piperazine rings is 1. The van der Waals surface area contributed by atoms with E-state index < -0.39 is 0 Å². The normalized spacial score (nSPS) is 22.3. The summed E-state index contributed by atoms with van der Waals surface area (Å²) in [4.78, 5) is 23.4. The van der Waals surface area contributed by atoms with Crippen LogP contribution in [0.4, 0.5) is 0 Å². The van der Waals surface area contributed by atoms with E-state index in [1.54, 1.807) is 6.20 Å². The molecule has 1 aliphatic heterocycles. The molecule has 0 spiro atoms. The summed E-state index contributed by atoms with van der Waals surface area (Å²) in [5.41, 5.74) is 5.87. The number of H-pyrrole nitrogens is 1. The van der Waals surface area contributed by atoms with E-state index in [4.69, 9.17) is 5.73 Å². The van der Waals surface area contributed by atoms with Crippen molar-refractivity contribution in [3.63, 3.8) is 0 Å². The zero-order valence-corrected chi connectivity index (χ0v) is 11.0. The van der Waals surface area contributed by atoms with Crippen LogP contribution in [0.3, 0.4) is 0 Å². The second-order valence-corrected chi connectivity index (χ2v) is 4.99. The average molecular weight is 251 g/mol. The Kier molecular flexibility index (Phi) is 4.11. The van der Waals surface area contributed by atoms with Crippen molar-refractivity contribution in [2.75, 3.05) is 33.7 Å².